The smallest absolute Gasteiger partial charge is 0.387 e. The third-order valence-corrected chi connectivity index (χ3v) is 8.87. The summed E-state index contributed by atoms with van der Waals surface area (Å²) in [6, 6.07) is 8.80. The van der Waals surface area contributed by atoms with Gasteiger partial charge in [-0.25, -0.2) is 14.5 Å². The molecule has 0 spiro atoms. The van der Waals surface area contributed by atoms with Gasteiger partial charge in [-0.2, -0.15) is 13.9 Å². The number of benzene rings is 1. The molecule has 2 atom stereocenters. The summed E-state index contributed by atoms with van der Waals surface area (Å²) in [5.41, 5.74) is 11.4. The van der Waals surface area contributed by atoms with Crippen LogP contribution in [0.4, 0.5) is 8.78 Å². The zero-order valence-corrected chi connectivity index (χ0v) is 21.1. The van der Waals surface area contributed by atoms with E-state index in [-0.39, 0.29) is 29.7 Å². The molecule has 39 heavy (non-hydrogen) atoms. The van der Waals surface area contributed by atoms with Crippen molar-refractivity contribution in [2.75, 3.05) is 0 Å². The van der Waals surface area contributed by atoms with Gasteiger partial charge < -0.3 is 15.4 Å². The molecule has 10 heteroatoms. The highest BCUT2D eigenvalue weighted by atomic mass is 19.3. The average molecular weight is 529 g/mol. The summed E-state index contributed by atoms with van der Waals surface area (Å²) in [7, 11) is 0. The summed E-state index contributed by atoms with van der Waals surface area (Å²) in [5, 5.41) is 4.92. The lowest BCUT2D eigenvalue weighted by Crippen LogP contribution is -2.44. The summed E-state index contributed by atoms with van der Waals surface area (Å²) >= 11 is 0. The molecule has 4 aliphatic rings. The molecular formula is C29H26F2N6O2. The number of nitrogens with two attached hydrogens (primary N) is 1. The average Bonchev–Trinajstić information content (AvgIpc) is 3.61. The van der Waals surface area contributed by atoms with Crippen LogP contribution in [0, 0.1) is 0 Å². The second kappa shape index (κ2) is 8.05. The van der Waals surface area contributed by atoms with Gasteiger partial charge in [0.05, 0.1) is 22.8 Å². The molecule has 3 aliphatic carbocycles. The lowest BCUT2D eigenvalue weighted by Gasteiger charge is -2.36. The Morgan fingerprint density at radius 3 is 2.56 bits per heavy atom. The van der Waals surface area contributed by atoms with Gasteiger partial charge in [0.25, 0.3) is 5.91 Å². The predicted octanol–water partition coefficient (Wildman–Crippen LogP) is 4.93. The van der Waals surface area contributed by atoms with Crippen LogP contribution in [0.2, 0.25) is 0 Å². The number of nitrogens with zero attached hydrogens (tertiary/aromatic N) is 5. The van der Waals surface area contributed by atoms with Gasteiger partial charge in [0.1, 0.15) is 11.6 Å². The Hall–Kier alpha value is -3.92. The summed E-state index contributed by atoms with van der Waals surface area (Å²) < 4.78 is 33.7. The largest absolute Gasteiger partial charge is 0.434 e. The Labute approximate surface area is 222 Å². The number of hydrogen-bond donors (Lipinski definition) is 1. The van der Waals surface area contributed by atoms with Crippen LogP contribution in [0.5, 0.6) is 5.75 Å². The second-order valence-electron chi connectivity index (χ2n) is 11.2. The maximum absolute atomic E-state index is 13.8. The van der Waals surface area contributed by atoms with Crippen molar-refractivity contribution in [3.05, 3.63) is 77.1 Å². The molecule has 1 aliphatic heterocycles. The highest BCUT2D eigenvalue weighted by Crippen LogP contribution is 2.56. The summed E-state index contributed by atoms with van der Waals surface area (Å²) in [5.74, 6) is 0.285. The Kier molecular flexibility index (Phi) is 4.75. The standard InChI is InChI=1S/C29H26F2N6O2/c30-28(31)39-22-4-1-3-18-23(22)19-12-21(37(26(18)38)17-5-6-17)25-24(19)20-11-15(7-10-36(20)35-25)16-13-33-27(34-14-16)29(32)8-2-9-29/h1,3-4,7,10-11,13-14,17,19,21,28H,2,5-6,8-9,12,32H2. The SMILES string of the molecule is NC1(c2ncc(-c3ccn4nc5c(c4c3)C3CC5N(C4CC4)C(=O)c4cccc(OC(F)F)c43)cn2)CCC1. The molecule has 198 valence electrons. The molecule has 0 saturated heterocycles. The first kappa shape index (κ1) is 23.0. The minimum atomic E-state index is -2.99. The molecule has 8 rings (SSSR count). The third-order valence-electron chi connectivity index (χ3n) is 8.87. The van der Waals surface area contributed by atoms with Gasteiger partial charge in [0, 0.05) is 52.8 Å². The molecule has 3 aromatic heterocycles. The molecule has 1 aromatic carbocycles. The van der Waals surface area contributed by atoms with Crippen molar-refractivity contribution in [3.63, 3.8) is 0 Å². The number of ether oxygens (including phenoxy) is 1. The Morgan fingerprint density at radius 1 is 1.08 bits per heavy atom. The number of aromatic nitrogens is 4. The van der Waals surface area contributed by atoms with Crippen LogP contribution in [-0.2, 0) is 5.54 Å². The fourth-order valence-electron chi connectivity index (χ4n) is 6.68. The molecule has 2 fully saturated rings. The van der Waals surface area contributed by atoms with Crippen LogP contribution in [-0.4, -0.2) is 43.0 Å². The van der Waals surface area contributed by atoms with E-state index in [9.17, 15) is 13.6 Å². The molecule has 0 radical (unpaired) electrons. The summed E-state index contributed by atoms with van der Waals surface area (Å²) in [6.45, 7) is -2.99. The van der Waals surface area contributed by atoms with E-state index in [1.807, 2.05) is 27.7 Å². The molecule has 2 bridgehead atoms. The van der Waals surface area contributed by atoms with Crippen molar-refractivity contribution >= 4 is 11.4 Å². The number of alkyl halides is 2. The van der Waals surface area contributed by atoms with Crippen LogP contribution in [0.3, 0.4) is 0 Å². The summed E-state index contributed by atoms with van der Waals surface area (Å²) in [6.07, 6.45) is 10.8. The van der Waals surface area contributed by atoms with Crippen LogP contribution >= 0.6 is 0 Å². The van der Waals surface area contributed by atoms with E-state index in [1.54, 1.807) is 24.5 Å². The normalized spacial score (nSPS) is 23.0. The molecule has 2 saturated carbocycles. The number of rotatable bonds is 5. The maximum Gasteiger partial charge on any atom is 0.387 e. The number of carbonyl (C=O) groups excluding carboxylic acids is 1. The van der Waals surface area contributed by atoms with Crippen LogP contribution in [0.25, 0.3) is 16.6 Å². The van der Waals surface area contributed by atoms with Gasteiger partial charge in [0.15, 0.2) is 0 Å². The van der Waals surface area contributed by atoms with Gasteiger partial charge in [-0.1, -0.05) is 6.07 Å². The van der Waals surface area contributed by atoms with Crippen molar-refractivity contribution < 1.29 is 18.3 Å². The minimum absolute atomic E-state index is 0.0521. The topological polar surface area (TPSA) is 98.6 Å². The maximum atomic E-state index is 13.8. The first-order valence-electron chi connectivity index (χ1n) is 13.5. The number of amides is 1. The molecular weight excluding hydrogens is 502 g/mol. The van der Waals surface area contributed by atoms with E-state index in [4.69, 9.17) is 15.6 Å². The van der Waals surface area contributed by atoms with Gasteiger partial charge >= 0.3 is 6.61 Å². The Morgan fingerprint density at radius 2 is 1.87 bits per heavy atom. The predicted molar refractivity (Wildman–Crippen MR) is 137 cm³/mol. The Balaban J connectivity index is 1.28. The van der Waals surface area contributed by atoms with E-state index in [2.05, 4.69) is 9.97 Å². The molecule has 2 unspecified atom stereocenters. The van der Waals surface area contributed by atoms with E-state index in [0.717, 1.165) is 60.0 Å². The van der Waals surface area contributed by atoms with Gasteiger partial charge in [-0.05, 0) is 68.4 Å². The number of halogens is 2. The van der Waals surface area contributed by atoms with Crippen molar-refractivity contribution in [2.24, 2.45) is 5.73 Å². The zero-order valence-electron chi connectivity index (χ0n) is 21.1. The van der Waals surface area contributed by atoms with Crippen LogP contribution in [0.1, 0.15) is 83.5 Å². The lowest BCUT2D eigenvalue weighted by atomic mass is 9.77. The quantitative estimate of drug-likeness (QED) is 0.395. The first-order valence-corrected chi connectivity index (χ1v) is 13.5. The molecule has 8 nitrogen and oxygen atoms in total. The van der Waals surface area contributed by atoms with E-state index in [0.29, 0.717) is 23.4 Å². The first-order chi connectivity index (χ1) is 18.9. The van der Waals surface area contributed by atoms with Crippen molar-refractivity contribution in [2.45, 2.75) is 68.7 Å². The third kappa shape index (κ3) is 3.37. The van der Waals surface area contributed by atoms with Gasteiger partial charge in [-0.15, -0.1) is 0 Å². The van der Waals surface area contributed by atoms with Crippen molar-refractivity contribution in [1.82, 2.24) is 24.5 Å². The molecule has 4 aromatic rings. The molecule has 2 N–H and O–H groups in total. The van der Waals surface area contributed by atoms with Crippen molar-refractivity contribution in [1.29, 1.82) is 0 Å². The Bertz CT molecular complexity index is 1640. The number of carbonyl (C=O) groups is 1. The van der Waals surface area contributed by atoms with Gasteiger partial charge in [0.2, 0.25) is 0 Å². The zero-order chi connectivity index (χ0) is 26.5. The van der Waals surface area contributed by atoms with E-state index >= 15 is 0 Å². The van der Waals surface area contributed by atoms with Gasteiger partial charge in [-0.3, -0.25) is 4.79 Å². The fraction of sp³-hybridized carbons (Fsp3) is 0.379. The van der Waals surface area contributed by atoms with E-state index in [1.165, 1.54) is 6.07 Å². The summed E-state index contributed by atoms with van der Waals surface area (Å²) in [4.78, 5) is 24.8. The fourth-order valence-corrected chi connectivity index (χ4v) is 6.68. The highest BCUT2D eigenvalue weighted by Gasteiger charge is 2.50. The monoisotopic (exact) mass is 528 g/mol. The van der Waals surface area contributed by atoms with E-state index < -0.39 is 12.2 Å². The molecule has 1 amide bonds. The number of pyridine rings is 1. The van der Waals surface area contributed by atoms with Crippen LogP contribution in [0.15, 0.2) is 48.9 Å². The number of hydrogen-bond acceptors (Lipinski definition) is 6. The highest BCUT2D eigenvalue weighted by molar-refractivity contribution is 5.99. The lowest BCUT2D eigenvalue weighted by molar-refractivity contribution is -0.0505. The minimum Gasteiger partial charge on any atom is -0.434 e. The molecule has 4 heterocycles. The van der Waals surface area contributed by atoms with Crippen molar-refractivity contribution in [3.8, 4) is 16.9 Å². The second-order valence-corrected chi connectivity index (χ2v) is 11.2. The number of fused-ring (bicyclic) bond motifs is 9. The van der Waals surface area contributed by atoms with Crippen LogP contribution < -0.4 is 10.5 Å².